The third-order valence-electron chi connectivity index (χ3n) is 2.18. The minimum atomic E-state index is -2.52. The molecule has 2 aromatic rings. The monoisotopic (exact) mass is 271 g/mol. The molecule has 1 aromatic heterocycles. The highest BCUT2D eigenvalue weighted by Crippen LogP contribution is 2.35. The Labute approximate surface area is 104 Å². The number of para-hydroxylation sites is 1. The van der Waals surface area contributed by atoms with Crippen LogP contribution in [0.1, 0.15) is 5.01 Å². The van der Waals surface area contributed by atoms with Crippen LogP contribution in [0.4, 0.5) is 0 Å². The van der Waals surface area contributed by atoms with E-state index in [4.69, 9.17) is 21.8 Å². The number of carboxylic acids is 2. The van der Waals surface area contributed by atoms with Crippen molar-refractivity contribution in [2.75, 3.05) is 0 Å². The van der Waals surface area contributed by atoms with E-state index >= 15 is 0 Å². The number of nitrogens with zero attached hydrogens (tertiary/aromatic N) is 1. The van der Waals surface area contributed by atoms with Crippen LogP contribution < -0.4 is 0 Å². The topological polar surface area (TPSA) is 87.5 Å². The van der Waals surface area contributed by atoms with E-state index in [1.54, 1.807) is 24.3 Å². The molecule has 0 aliphatic carbocycles. The Morgan fingerprint density at radius 2 is 1.82 bits per heavy atom. The summed E-state index contributed by atoms with van der Waals surface area (Å²) in [7, 11) is 0. The van der Waals surface area contributed by atoms with Crippen LogP contribution in [0.15, 0.2) is 24.3 Å². The fourth-order valence-corrected chi connectivity index (χ4v) is 2.48. The number of alkyl halides is 1. The van der Waals surface area contributed by atoms with E-state index < -0.39 is 16.8 Å². The number of hydrogen-bond acceptors (Lipinski definition) is 4. The van der Waals surface area contributed by atoms with Gasteiger partial charge in [0.2, 0.25) is 0 Å². The van der Waals surface area contributed by atoms with Gasteiger partial charge >= 0.3 is 11.9 Å². The summed E-state index contributed by atoms with van der Waals surface area (Å²) in [5, 5.41) is 17.7. The zero-order chi connectivity index (χ0) is 12.6. The predicted molar refractivity (Wildman–Crippen MR) is 62.4 cm³/mol. The smallest absolute Gasteiger partial charge is 0.343 e. The lowest BCUT2D eigenvalue weighted by Crippen LogP contribution is -2.38. The van der Waals surface area contributed by atoms with E-state index in [0.717, 1.165) is 11.3 Å². The minimum Gasteiger partial charge on any atom is -0.479 e. The van der Waals surface area contributed by atoms with Crippen LogP contribution in [0.5, 0.6) is 0 Å². The van der Waals surface area contributed by atoms with Crippen LogP contribution in [0.25, 0.3) is 10.2 Å². The summed E-state index contributed by atoms with van der Waals surface area (Å²) < 4.78 is 0.690. The summed E-state index contributed by atoms with van der Waals surface area (Å²) in [4.78, 5) is 23.4. The second-order valence-electron chi connectivity index (χ2n) is 3.26. The Balaban J connectivity index is 2.65. The molecule has 0 unspecified atom stereocenters. The summed E-state index contributed by atoms with van der Waals surface area (Å²) in [5.41, 5.74) is 0.528. The summed E-state index contributed by atoms with van der Waals surface area (Å²) in [6.07, 6.45) is 0. The van der Waals surface area contributed by atoms with Crippen molar-refractivity contribution in [2.45, 2.75) is 4.87 Å². The number of carboxylic acid groups (broad SMARTS) is 2. The molecule has 88 valence electrons. The zero-order valence-corrected chi connectivity index (χ0v) is 9.83. The molecule has 0 bridgehead atoms. The van der Waals surface area contributed by atoms with Gasteiger partial charge in [-0.15, -0.1) is 11.3 Å². The van der Waals surface area contributed by atoms with Gasteiger partial charge in [0.05, 0.1) is 10.2 Å². The van der Waals surface area contributed by atoms with Crippen molar-refractivity contribution in [1.82, 2.24) is 4.98 Å². The molecule has 0 amide bonds. The maximum Gasteiger partial charge on any atom is 0.343 e. The quantitative estimate of drug-likeness (QED) is 0.657. The molecule has 1 aromatic carbocycles. The van der Waals surface area contributed by atoms with E-state index in [-0.39, 0.29) is 5.01 Å². The molecule has 0 saturated carbocycles. The van der Waals surface area contributed by atoms with Crippen molar-refractivity contribution in [1.29, 1.82) is 0 Å². The molecular weight excluding hydrogens is 266 g/mol. The van der Waals surface area contributed by atoms with Gasteiger partial charge in [0.1, 0.15) is 5.01 Å². The lowest BCUT2D eigenvalue weighted by molar-refractivity contribution is -0.152. The molecule has 5 nitrogen and oxygen atoms in total. The lowest BCUT2D eigenvalue weighted by atomic mass is 10.1. The Kier molecular flexibility index (Phi) is 2.76. The van der Waals surface area contributed by atoms with E-state index in [9.17, 15) is 9.59 Å². The van der Waals surface area contributed by atoms with Gasteiger partial charge in [-0.3, -0.25) is 0 Å². The molecule has 0 spiro atoms. The van der Waals surface area contributed by atoms with Gasteiger partial charge in [-0.2, -0.15) is 0 Å². The second kappa shape index (κ2) is 3.97. The standard InChI is InChI=1S/C10H6ClNO4S/c11-10(8(13)14,9(15)16)7-12-5-3-1-2-4-6(5)17-7/h1-4H,(H,13,14)(H,15,16). The third kappa shape index (κ3) is 1.75. The molecule has 0 aliphatic rings. The Morgan fingerprint density at radius 1 is 1.24 bits per heavy atom. The van der Waals surface area contributed by atoms with Crippen LogP contribution >= 0.6 is 22.9 Å². The van der Waals surface area contributed by atoms with E-state index in [1.165, 1.54) is 0 Å². The first kappa shape index (κ1) is 11.8. The molecule has 2 N–H and O–H groups in total. The molecular formula is C10H6ClNO4S. The number of hydrogen-bond donors (Lipinski definition) is 2. The molecule has 0 saturated heterocycles. The van der Waals surface area contributed by atoms with Gasteiger partial charge in [0, 0.05) is 0 Å². The first-order valence-corrected chi connectivity index (χ1v) is 5.67. The maximum absolute atomic E-state index is 11.0. The number of carbonyl (C=O) groups is 2. The normalized spacial score (nSPS) is 11.6. The molecule has 0 radical (unpaired) electrons. The summed E-state index contributed by atoms with van der Waals surface area (Å²) in [6, 6.07) is 6.86. The third-order valence-corrected chi connectivity index (χ3v) is 3.95. The van der Waals surface area contributed by atoms with Gasteiger partial charge < -0.3 is 10.2 Å². The average Bonchev–Trinajstić information content (AvgIpc) is 2.70. The van der Waals surface area contributed by atoms with Gasteiger partial charge in [-0.25, -0.2) is 14.6 Å². The van der Waals surface area contributed by atoms with E-state index in [0.29, 0.717) is 10.2 Å². The van der Waals surface area contributed by atoms with Crippen LogP contribution in [0.2, 0.25) is 0 Å². The number of halogens is 1. The summed E-state index contributed by atoms with van der Waals surface area (Å²) >= 11 is 6.61. The predicted octanol–water partition coefficient (Wildman–Crippen LogP) is 1.90. The van der Waals surface area contributed by atoms with Crippen LogP contribution in [0.3, 0.4) is 0 Å². The second-order valence-corrected chi connectivity index (χ2v) is 4.85. The molecule has 0 atom stereocenters. The van der Waals surface area contributed by atoms with E-state index in [2.05, 4.69) is 4.98 Å². The van der Waals surface area contributed by atoms with Gasteiger partial charge in [0.25, 0.3) is 4.87 Å². The number of benzene rings is 1. The van der Waals surface area contributed by atoms with E-state index in [1.807, 2.05) is 0 Å². The highest BCUT2D eigenvalue weighted by Gasteiger charge is 2.49. The highest BCUT2D eigenvalue weighted by molar-refractivity contribution is 7.19. The Bertz CT molecular complexity index is 562. The fraction of sp³-hybridized carbons (Fsp3) is 0.100. The zero-order valence-electron chi connectivity index (χ0n) is 8.25. The first-order chi connectivity index (χ1) is 7.96. The number of fused-ring (bicyclic) bond motifs is 1. The van der Waals surface area contributed by atoms with Crippen molar-refractivity contribution >= 4 is 45.1 Å². The van der Waals surface area contributed by atoms with Gasteiger partial charge in [-0.05, 0) is 12.1 Å². The minimum absolute atomic E-state index is 0.152. The summed E-state index contributed by atoms with van der Waals surface area (Å²) in [5.74, 6) is -3.29. The number of rotatable bonds is 3. The largest absolute Gasteiger partial charge is 0.479 e. The van der Waals surface area contributed by atoms with Crippen LogP contribution in [0, 0.1) is 0 Å². The van der Waals surface area contributed by atoms with Crippen molar-refractivity contribution < 1.29 is 19.8 Å². The van der Waals surface area contributed by atoms with Crippen molar-refractivity contribution in [2.24, 2.45) is 0 Å². The number of aromatic nitrogens is 1. The van der Waals surface area contributed by atoms with Crippen molar-refractivity contribution in [3.05, 3.63) is 29.3 Å². The molecule has 0 aliphatic heterocycles. The Morgan fingerprint density at radius 3 is 2.35 bits per heavy atom. The lowest BCUT2D eigenvalue weighted by Gasteiger charge is -2.13. The molecule has 2 rings (SSSR count). The average molecular weight is 272 g/mol. The molecule has 1 heterocycles. The van der Waals surface area contributed by atoms with Gasteiger partial charge in [0.15, 0.2) is 0 Å². The number of thiazole rings is 1. The molecule has 7 heteroatoms. The summed E-state index contributed by atoms with van der Waals surface area (Å²) in [6.45, 7) is 0. The number of aliphatic carboxylic acids is 2. The Hall–Kier alpha value is -1.66. The maximum atomic E-state index is 11.0. The van der Waals surface area contributed by atoms with Crippen molar-refractivity contribution in [3.8, 4) is 0 Å². The van der Waals surface area contributed by atoms with Crippen molar-refractivity contribution in [3.63, 3.8) is 0 Å². The fourth-order valence-electron chi connectivity index (χ4n) is 1.29. The molecule has 17 heavy (non-hydrogen) atoms. The first-order valence-electron chi connectivity index (χ1n) is 4.48. The van der Waals surface area contributed by atoms with Crippen LogP contribution in [-0.2, 0) is 14.5 Å². The SMILES string of the molecule is O=C(O)C(Cl)(C(=O)O)c1nc2ccccc2s1. The molecule has 0 fully saturated rings. The highest BCUT2D eigenvalue weighted by atomic mass is 35.5. The van der Waals surface area contributed by atoms with Gasteiger partial charge in [-0.1, -0.05) is 23.7 Å². The van der Waals surface area contributed by atoms with Crippen LogP contribution in [-0.4, -0.2) is 27.1 Å².